The molecular weight excluding hydrogens is 284 g/mol. The van der Waals surface area contributed by atoms with Crippen LogP contribution in [0.1, 0.15) is 31.0 Å². The van der Waals surface area contributed by atoms with Crippen molar-refractivity contribution in [2.24, 2.45) is 5.92 Å². The van der Waals surface area contributed by atoms with Gasteiger partial charge in [-0.2, -0.15) is 0 Å². The molecule has 0 saturated heterocycles. The van der Waals surface area contributed by atoms with Crippen LogP contribution in [0.3, 0.4) is 0 Å². The summed E-state index contributed by atoms with van der Waals surface area (Å²) < 4.78 is 1.21. The Hall–Kier alpha value is -1.52. The Morgan fingerprint density at radius 2 is 1.75 bits per heavy atom. The fraction of sp³-hybridized carbons (Fsp3) is 0.250. The van der Waals surface area contributed by atoms with Crippen LogP contribution in [0, 0.1) is 15.3 Å². The lowest BCUT2D eigenvalue weighted by Crippen LogP contribution is -2.01. The molecule has 1 aromatic rings. The minimum Gasteiger partial charge on any atom is -0.335 e. The third-order valence-electron chi connectivity index (χ3n) is 3.25. The van der Waals surface area contributed by atoms with Crippen molar-refractivity contribution in [2.45, 2.75) is 19.8 Å². The third kappa shape index (κ3) is 3.52. The van der Waals surface area contributed by atoms with Crippen LogP contribution in [0.2, 0.25) is 0 Å². The first-order chi connectivity index (χ1) is 9.47. The van der Waals surface area contributed by atoms with E-state index >= 15 is 0 Å². The van der Waals surface area contributed by atoms with Gasteiger partial charge in [-0.3, -0.25) is 0 Å². The Labute approximate surface area is 129 Å². The molecule has 0 fully saturated rings. The van der Waals surface area contributed by atoms with Crippen LogP contribution in [0.4, 0.5) is 0 Å². The van der Waals surface area contributed by atoms with E-state index in [1.807, 2.05) is 18.2 Å². The van der Waals surface area contributed by atoms with E-state index in [0.29, 0.717) is 15.3 Å². The maximum absolute atomic E-state index is 5.39. The molecule has 2 atom stereocenters. The summed E-state index contributed by atoms with van der Waals surface area (Å²) in [7, 11) is 0. The van der Waals surface area contributed by atoms with Crippen LogP contribution in [-0.4, -0.2) is 9.97 Å². The molecule has 2 N–H and O–H groups in total. The summed E-state index contributed by atoms with van der Waals surface area (Å²) in [4.78, 5) is 6.22. The molecule has 1 aliphatic carbocycles. The third-order valence-corrected chi connectivity index (χ3v) is 3.77. The van der Waals surface area contributed by atoms with Crippen LogP contribution in [0.15, 0.2) is 42.5 Å². The van der Waals surface area contributed by atoms with Crippen LogP contribution in [-0.2, 0) is 0 Å². The Morgan fingerprint density at radius 3 is 2.50 bits per heavy atom. The summed E-state index contributed by atoms with van der Waals surface area (Å²) in [5, 5.41) is 0. The van der Waals surface area contributed by atoms with Gasteiger partial charge in [-0.25, -0.2) is 0 Å². The topological polar surface area (TPSA) is 31.6 Å². The van der Waals surface area contributed by atoms with Crippen LogP contribution in [0.5, 0.6) is 0 Å². The van der Waals surface area contributed by atoms with Crippen molar-refractivity contribution in [3.05, 3.63) is 63.2 Å². The van der Waals surface area contributed by atoms with Crippen molar-refractivity contribution in [2.75, 3.05) is 0 Å². The lowest BCUT2D eigenvalue weighted by Gasteiger charge is -2.11. The number of fused-ring (bicyclic) bond motifs is 1. The molecule has 1 aromatic heterocycles. The number of aromatic amines is 2. The maximum Gasteiger partial charge on any atom is 0.175 e. The maximum atomic E-state index is 5.39. The SMILES string of the molecule is C=C1C=CC(C)/C=C\C(C)c2[nH]c(=S)[nH]c(=S)c2/C=C\1. The van der Waals surface area contributed by atoms with Crippen molar-refractivity contribution in [1.82, 2.24) is 9.97 Å². The van der Waals surface area contributed by atoms with E-state index in [4.69, 9.17) is 24.4 Å². The molecule has 0 radical (unpaired) electrons. The Bertz CT molecular complexity index is 717. The van der Waals surface area contributed by atoms with Crippen molar-refractivity contribution in [1.29, 1.82) is 0 Å². The van der Waals surface area contributed by atoms with Crippen LogP contribution < -0.4 is 0 Å². The second-order valence-electron chi connectivity index (χ2n) is 5.04. The Balaban J connectivity index is 2.65. The predicted octanol–water partition coefficient (Wildman–Crippen LogP) is 5.24. The van der Waals surface area contributed by atoms with Crippen molar-refractivity contribution < 1.29 is 0 Å². The number of hydrogen-bond donors (Lipinski definition) is 2. The fourth-order valence-corrected chi connectivity index (χ4v) is 2.62. The lowest BCUT2D eigenvalue weighted by atomic mass is 10.0. The highest BCUT2D eigenvalue weighted by molar-refractivity contribution is 7.72. The molecule has 0 spiro atoms. The van der Waals surface area contributed by atoms with E-state index in [0.717, 1.165) is 16.8 Å². The zero-order valence-electron chi connectivity index (χ0n) is 11.6. The summed E-state index contributed by atoms with van der Waals surface area (Å²) >= 11 is 10.6. The minimum atomic E-state index is 0.217. The highest BCUT2D eigenvalue weighted by Gasteiger charge is 2.10. The second kappa shape index (κ2) is 6.29. The average molecular weight is 302 g/mol. The molecule has 2 unspecified atom stereocenters. The molecule has 0 amide bonds. The molecule has 1 heterocycles. The molecule has 0 aliphatic heterocycles. The summed E-state index contributed by atoms with van der Waals surface area (Å²) in [6, 6.07) is 0. The van der Waals surface area contributed by atoms with Crippen molar-refractivity contribution in [3.63, 3.8) is 0 Å². The lowest BCUT2D eigenvalue weighted by molar-refractivity contribution is 0.853. The molecule has 4 heteroatoms. The van der Waals surface area contributed by atoms with Gasteiger partial charge in [0.25, 0.3) is 0 Å². The summed E-state index contributed by atoms with van der Waals surface area (Å²) in [5.74, 6) is 0.584. The smallest absolute Gasteiger partial charge is 0.175 e. The summed E-state index contributed by atoms with van der Waals surface area (Å²) in [6.45, 7) is 8.30. The predicted molar refractivity (Wildman–Crippen MR) is 90.8 cm³/mol. The molecule has 0 saturated carbocycles. The average Bonchev–Trinajstić information content (AvgIpc) is 2.41. The van der Waals surface area contributed by atoms with E-state index in [1.54, 1.807) is 0 Å². The monoisotopic (exact) mass is 302 g/mol. The molecular formula is C16H18N2S2. The first kappa shape index (κ1) is 14.9. The van der Waals surface area contributed by atoms with Gasteiger partial charge in [0, 0.05) is 17.2 Å². The van der Waals surface area contributed by atoms with Gasteiger partial charge >= 0.3 is 0 Å². The standard InChI is InChI=1S/C16H18N2S2/c1-10-4-5-11(2)7-9-13-14(12(3)8-6-10)17-16(20)18-15(13)19/h4-10,12H,2H2,1,3H3,(H2,17,18,19,20)/b5-4?,8-6-,9-7-. The fourth-order valence-electron chi connectivity index (χ4n) is 2.06. The first-order valence-corrected chi connectivity index (χ1v) is 7.39. The van der Waals surface area contributed by atoms with E-state index in [1.165, 1.54) is 0 Å². The Morgan fingerprint density at radius 1 is 1.00 bits per heavy atom. The number of rotatable bonds is 0. The van der Waals surface area contributed by atoms with Crippen molar-refractivity contribution >= 4 is 30.5 Å². The summed E-state index contributed by atoms with van der Waals surface area (Å²) in [6.07, 6.45) is 12.5. The quantitative estimate of drug-likeness (QED) is 0.507. The highest BCUT2D eigenvalue weighted by atomic mass is 32.1. The second-order valence-corrected chi connectivity index (χ2v) is 5.85. The van der Waals surface area contributed by atoms with Crippen molar-refractivity contribution in [3.8, 4) is 0 Å². The zero-order valence-corrected chi connectivity index (χ0v) is 13.3. The van der Waals surface area contributed by atoms with Gasteiger partial charge in [-0.1, -0.05) is 63.0 Å². The van der Waals surface area contributed by atoms with Gasteiger partial charge in [-0.05, 0) is 29.8 Å². The molecule has 2 nitrogen and oxygen atoms in total. The van der Waals surface area contributed by atoms with E-state index in [2.05, 4.69) is 48.6 Å². The zero-order chi connectivity index (χ0) is 14.7. The Kier molecular flexibility index (Phi) is 4.68. The van der Waals surface area contributed by atoms with Crippen LogP contribution in [0.25, 0.3) is 6.08 Å². The van der Waals surface area contributed by atoms with E-state index in [-0.39, 0.29) is 5.92 Å². The largest absolute Gasteiger partial charge is 0.335 e. The van der Waals surface area contributed by atoms with Gasteiger partial charge in [0.05, 0.1) is 0 Å². The number of H-pyrrole nitrogens is 2. The number of nitrogens with one attached hydrogen (secondary N) is 2. The van der Waals surface area contributed by atoms with E-state index < -0.39 is 0 Å². The number of hydrogen-bond acceptors (Lipinski definition) is 2. The minimum absolute atomic E-state index is 0.217. The van der Waals surface area contributed by atoms with Gasteiger partial charge in [0.2, 0.25) is 0 Å². The number of aromatic nitrogens is 2. The van der Waals surface area contributed by atoms with E-state index in [9.17, 15) is 0 Å². The van der Waals surface area contributed by atoms with Gasteiger partial charge in [0.1, 0.15) is 4.64 Å². The number of allylic oxidation sites excluding steroid dienone is 6. The molecule has 1 aliphatic rings. The summed E-state index contributed by atoms with van der Waals surface area (Å²) in [5.41, 5.74) is 2.95. The molecule has 2 rings (SSSR count). The molecule has 104 valence electrons. The van der Waals surface area contributed by atoms with Gasteiger partial charge < -0.3 is 9.97 Å². The molecule has 0 aromatic carbocycles. The van der Waals surface area contributed by atoms with Gasteiger partial charge in [-0.15, -0.1) is 0 Å². The molecule has 0 bridgehead atoms. The van der Waals surface area contributed by atoms with Crippen LogP contribution >= 0.6 is 24.4 Å². The normalized spacial score (nSPS) is 25.6. The molecule has 20 heavy (non-hydrogen) atoms. The van der Waals surface area contributed by atoms with Gasteiger partial charge in [0.15, 0.2) is 4.77 Å². The first-order valence-electron chi connectivity index (χ1n) is 6.57. The highest BCUT2D eigenvalue weighted by Crippen LogP contribution is 2.23.